The van der Waals surface area contributed by atoms with Crippen molar-refractivity contribution in [3.63, 3.8) is 0 Å². The molecular formula is C52H44N12O14S5. The highest BCUT2D eigenvalue weighted by Crippen LogP contribution is 2.42. The first-order chi connectivity index (χ1) is 39.0. The molecule has 0 radical (unpaired) electrons. The minimum absolute atomic E-state index is 0.0766. The molecule has 0 saturated carbocycles. The van der Waals surface area contributed by atoms with E-state index >= 15 is 0 Å². The van der Waals surface area contributed by atoms with Gasteiger partial charge in [-0.15, -0.1) is 10.2 Å². The SMILES string of the molecule is COc1cc(N=Nc2cc(S(=O)(=O)O)c3cc(NC(C)=O)cc(S(=O)(=O)O)c3c2)c(C)cc1N.Cc1c(C#N)c(Nc2ccc(S(=O)(=O)O)cc2)nc(Nc2ccc(S(=O)(=O)O)cc2)c1N=Nc1nc(-c2ccc3ccccc3c2)c(N)s1. The van der Waals surface area contributed by atoms with E-state index in [0.717, 1.165) is 58.9 Å². The molecule has 0 atom stereocenters. The quantitative estimate of drug-likeness (QED) is 0.0261. The van der Waals surface area contributed by atoms with Crippen LogP contribution in [0.1, 0.15) is 23.6 Å². The number of aromatic nitrogens is 2. The van der Waals surface area contributed by atoms with Crippen LogP contribution < -0.4 is 32.2 Å². The summed E-state index contributed by atoms with van der Waals surface area (Å²) < 4.78 is 138. The molecule has 0 saturated heterocycles. The van der Waals surface area contributed by atoms with Crippen LogP contribution in [0.5, 0.6) is 5.75 Å². The predicted molar refractivity (Wildman–Crippen MR) is 311 cm³/mol. The van der Waals surface area contributed by atoms with E-state index in [1.54, 1.807) is 19.9 Å². The number of hydrogen-bond acceptors (Lipinski definition) is 22. The number of nitrogen functional groups attached to an aromatic ring is 2. The highest BCUT2D eigenvalue weighted by molar-refractivity contribution is 7.87. The van der Waals surface area contributed by atoms with Crippen molar-refractivity contribution >= 4 is 141 Å². The fourth-order valence-electron chi connectivity index (χ4n) is 8.06. The molecule has 9 rings (SSSR count). The highest BCUT2D eigenvalue weighted by Gasteiger charge is 2.24. The van der Waals surface area contributed by atoms with Crippen molar-refractivity contribution in [3.8, 4) is 23.1 Å². The maximum Gasteiger partial charge on any atom is 0.295 e. The second-order valence-corrected chi connectivity index (χ2v) is 24.3. The van der Waals surface area contributed by atoms with Gasteiger partial charge in [-0.05, 0) is 115 Å². The largest absolute Gasteiger partial charge is 0.495 e. The van der Waals surface area contributed by atoms with Crippen LogP contribution in [0.4, 0.5) is 61.6 Å². The summed E-state index contributed by atoms with van der Waals surface area (Å²) in [6.45, 7) is 4.48. The van der Waals surface area contributed by atoms with Gasteiger partial charge in [-0.2, -0.15) is 49.2 Å². The summed E-state index contributed by atoms with van der Waals surface area (Å²) in [5.41, 5.74) is 15.9. The molecule has 2 heterocycles. The van der Waals surface area contributed by atoms with Gasteiger partial charge in [-0.3, -0.25) is 23.0 Å². The molecule has 26 nitrogen and oxygen atoms in total. The van der Waals surface area contributed by atoms with Gasteiger partial charge in [0.05, 0.1) is 39.5 Å². The zero-order valence-corrected chi connectivity index (χ0v) is 47.4. The van der Waals surface area contributed by atoms with E-state index in [-0.39, 0.29) is 60.0 Å². The van der Waals surface area contributed by atoms with Gasteiger partial charge in [0.1, 0.15) is 38.0 Å². The first kappa shape index (κ1) is 59.8. The summed E-state index contributed by atoms with van der Waals surface area (Å²) in [5, 5.41) is 37.4. The normalized spacial score (nSPS) is 12.0. The standard InChI is InChI=1S/C32H24N8O6S3.C20H20N4O8S2/c1-18-26(17-33)30(35-22-8-12-24(13-9-22)48(41,42)43)38-31(36-23-10-14-25(15-11-23)49(44,45)46)27(18)39-40-32-37-28(29(34)47-32)21-7-6-19-4-2-3-5-20(19)16-21;1-10-4-16(21)18(32-3)9-17(10)24-23-13-6-15-14(20(8-13)34(29,30)31)5-12(22-11(2)25)7-19(15)33(26,27)28/h2-16H,34H2,1H3,(H2,35,36,38)(H,41,42,43)(H,44,45,46);4-9H,21H2,1-3H3,(H,22,25)(H,26,27,28)(H,29,30,31). The zero-order valence-electron chi connectivity index (χ0n) is 43.3. The number of amides is 1. The minimum Gasteiger partial charge on any atom is -0.495 e. The van der Waals surface area contributed by atoms with Crippen LogP contribution in [0.2, 0.25) is 0 Å². The lowest BCUT2D eigenvalue weighted by atomic mass is 10.1. The number of pyridine rings is 1. The van der Waals surface area contributed by atoms with E-state index < -0.39 is 56.2 Å². The molecule has 0 spiro atoms. The third kappa shape index (κ3) is 14.0. The van der Waals surface area contributed by atoms with Gasteiger partial charge in [0.15, 0.2) is 11.6 Å². The Kier molecular flexibility index (Phi) is 17.0. The number of nitrogens with two attached hydrogens (primary N) is 2. The maximum atomic E-state index is 12.1. The fourth-order valence-corrected chi connectivity index (χ4v) is 11.1. The topological polar surface area (TPSA) is 431 Å². The average molecular weight is 1220 g/mol. The van der Waals surface area contributed by atoms with E-state index in [2.05, 4.69) is 52.4 Å². The number of rotatable bonds is 15. The predicted octanol–water partition coefficient (Wildman–Crippen LogP) is 11.1. The Labute approximate surface area is 477 Å². The molecule has 0 aliphatic carbocycles. The smallest absolute Gasteiger partial charge is 0.295 e. The van der Waals surface area contributed by atoms with Crippen molar-refractivity contribution in [2.75, 3.05) is 34.5 Å². The maximum absolute atomic E-state index is 12.1. The third-order valence-electron chi connectivity index (χ3n) is 11.9. The van der Waals surface area contributed by atoms with E-state index in [9.17, 15) is 61.9 Å². The summed E-state index contributed by atoms with van der Waals surface area (Å²) >= 11 is 1.12. The second-order valence-electron chi connectivity index (χ2n) is 17.7. The Morgan fingerprint density at radius 1 is 0.639 bits per heavy atom. The number of nitriles is 1. The number of benzene rings is 7. The number of fused-ring (bicyclic) bond motifs is 2. The molecule has 2 aromatic heterocycles. The molecule has 0 aliphatic heterocycles. The Morgan fingerprint density at radius 2 is 1.22 bits per heavy atom. The average Bonchev–Trinajstić information content (AvgIpc) is 2.53. The van der Waals surface area contributed by atoms with E-state index in [4.69, 9.17) is 16.2 Å². The molecule has 0 unspecified atom stereocenters. The van der Waals surface area contributed by atoms with Crippen LogP contribution in [0.15, 0.2) is 167 Å². The number of nitrogens with zero attached hydrogens (tertiary/aromatic N) is 7. The van der Waals surface area contributed by atoms with Crippen molar-refractivity contribution in [3.05, 3.63) is 144 Å². The number of methoxy groups -OCH3 is 1. The molecule has 426 valence electrons. The monoisotopic (exact) mass is 1220 g/mol. The van der Waals surface area contributed by atoms with Crippen LogP contribution in [-0.4, -0.2) is 74.9 Å². The molecule has 31 heteroatoms. The van der Waals surface area contributed by atoms with Crippen LogP contribution >= 0.6 is 11.3 Å². The van der Waals surface area contributed by atoms with Gasteiger partial charge in [0, 0.05) is 52.0 Å². The van der Waals surface area contributed by atoms with Crippen molar-refractivity contribution in [2.24, 2.45) is 20.5 Å². The lowest BCUT2D eigenvalue weighted by Crippen LogP contribution is -2.09. The zero-order chi connectivity index (χ0) is 60.3. The fraction of sp³-hybridized carbons (Fsp3) is 0.0769. The van der Waals surface area contributed by atoms with Gasteiger partial charge < -0.3 is 32.2 Å². The first-order valence-corrected chi connectivity index (χ1v) is 30.1. The van der Waals surface area contributed by atoms with Crippen molar-refractivity contribution in [1.82, 2.24) is 9.97 Å². The number of carbonyl (C=O) groups excluding carboxylic acids is 1. The van der Waals surface area contributed by atoms with Gasteiger partial charge in [0.2, 0.25) is 11.0 Å². The summed E-state index contributed by atoms with van der Waals surface area (Å²) in [4.78, 5) is 18.5. The molecule has 9 aromatic rings. The van der Waals surface area contributed by atoms with Crippen LogP contribution in [0, 0.1) is 25.2 Å². The number of hydrogen-bond donors (Lipinski definition) is 9. The van der Waals surface area contributed by atoms with Gasteiger partial charge in [0.25, 0.3) is 40.5 Å². The lowest BCUT2D eigenvalue weighted by molar-refractivity contribution is -0.114. The molecule has 7 aromatic carbocycles. The summed E-state index contributed by atoms with van der Waals surface area (Å²) in [6.07, 6.45) is 0. The first-order valence-electron chi connectivity index (χ1n) is 23.5. The van der Waals surface area contributed by atoms with Crippen LogP contribution in [-0.2, 0) is 45.3 Å². The molecular weight excluding hydrogens is 1180 g/mol. The number of ether oxygens (including phenoxy) is 1. The highest BCUT2D eigenvalue weighted by atomic mass is 32.2. The molecule has 83 heavy (non-hydrogen) atoms. The minimum atomic E-state index is -4.89. The van der Waals surface area contributed by atoms with Crippen molar-refractivity contribution < 1.29 is 61.4 Å². The lowest BCUT2D eigenvalue weighted by Gasteiger charge is -2.16. The van der Waals surface area contributed by atoms with Gasteiger partial charge in [-0.25, -0.2) is 9.97 Å². The molecule has 11 N–H and O–H groups in total. The summed E-state index contributed by atoms with van der Waals surface area (Å²) in [7, 11) is -17.2. The molecule has 0 aliphatic rings. The molecule has 0 fully saturated rings. The number of aryl methyl sites for hydroxylation is 1. The molecule has 0 bridgehead atoms. The summed E-state index contributed by atoms with van der Waals surface area (Å²) in [5.74, 6) is -0.0616. The van der Waals surface area contributed by atoms with Crippen LogP contribution in [0.25, 0.3) is 32.8 Å². The number of nitrogens with one attached hydrogen (secondary N) is 3. The van der Waals surface area contributed by atoms with Gasteiger partial charge in [-0.1, -0.05) is 47.7 Å². The van der Waals surface area contributed by atoms with E-state index in [0.29, 0.717) is 50.3 Å². The molecule has 1 amide bonds. The van der Waals surface area contributed by atoms with Crippen molar-refractivity contribution in [1.29, 1.82) is 5.26 Å². The second kappa shape index (κ2) is 23.6. The number of azo groups is 2. The Hall–Kier alpha value is -9.36. The van der Waals surface area contributed by atoms with Crippen LogP contribution in [0.3, 0.4) is 0 Å². The Morgan fingerprint density at radius 3 is 1.78 bits per heavy atom. The van der Waals surface area contributed by atoms with E-state index in [1.807, 2.05) is 42.5 Å². The number of thiazole rings is 1. The van der Waals surface area contributed by atoms with Crippen molar-refractivity contribution in [2.45, 2.75) is 40.4 Å². The summed E-state index contributed by atoms with van der Waals surface area (Å²) in [6, 6.07) is 33.5. The number of carbonyl (C=O) groups is 1. The Bertz CT molecular complexity index is 4670. The Balaban J connectivity index is 0.000000232. The van der Waals surface area contributed by atoms with E-state index in [1.165, 1.54) is 61.7 Å². The number of anilines is 7. The van der Waals surface area contributed by atoms with Gasteiger partial charge >= 0.3 is 0 Å². The third-order valence-corrected chi connectivity index (χ3v) is 16.2.